The monoisotopic (exact) mass is 418 g/mol. The van der Waals surface area contributed by atoms with Gasteiger partial charge in [0.1, 0.15) is 5.75 Å². The van der Waals surface area contributed by atoms with Gasteiger partial charge in [-0.2, -0.15) is 0 Å². The zero-order chi connectivity index (χ0) is 22.1. The van der Waals surface area contributed by atoms with E-state index in [4.69, 9.17) is 14.2 Å². The molecule has 30 heavy (non-hydrogen) atoms. The molecule has 2 aromatic rings. The quantitative estimate of drug-likeness (QED) is 0.452. The van der Waals surface area contributed by atoms with Crippen molar-refractivity contribution in [3.05, 3.63) is 47.8 Å². The lowest BCUT2D eigenvalue weighted by Crippen LogP contribution is -2.33. The summed E-state index contributed by atoms with van der Waals surface area (Å²) in [6, 6.07) is 9.32. The molecule has 0 aliphatic rings. The standard InChI is InChI=1S/C24H31FO5/c1-5-17-9-11-22(20(26)15-17)30-21-12-10-18(16-19(21)25)29-14-13-24(6-2,7-3)23(27)28-8-4/h9-12,15-16,26H,5-8,13-14H2,1-4H3. The number of phenols is 1. The largest absolute Gasteiger partial charge is 0.504 e. The number of hydrogen-bond acceptors (Lipinski definition) is 5. The maximum Gasteiger partial charge on any atom is 0.312 e. The van der Waals surface area contributed by atoms with Gasteiger partial charge < -0.3 is 19.3 Å². The number of carbonyl (C=O) groups is 1. The van der Waals surface area contributed by atoms with Crippen LogP contribution in [0.3, 0.4) is 0 Å². The first-order chi connectivity index (χ1) is 14.4. The summed E-state index contributed by atoms with van der Waals surface area (Å²) in [5.41, 5.74) is 0.363. The van der Waals surface area contributed by atoms with Crippen LogP contribution in [0.2, 0.25) is 0 Å². The van der Waals surface area contributed by atoms with Crippen LogP contribution in [0.1, 0.15) is 52.5 Å². The molecule has 0 unspecified atom stereocenters. The number of halogens is 1. The predicted molar refractivity (Wildman–Crippen MR) is 114 cm³/mol. The molecule has 0 aliphatic heterocycles. The van der Waals surface area contributed by atoms with Crippen molar-refractivity contribution in [3.8, 4) is 23.0 Å². The van der Waals surface area contributed by atoms with Crippen LogP contribution in [0.15, 0.2) is 36.4 Å². The number of aromatic hydroxyl groups is 1. The average Bonchev–Trinajstić information content (AvgIpc) is 2.74. The smallest absolute Gasteiger partial charge is 0.312 e. The summed E-state index contributed by atoms with van der Waals surface area (Å²) >= 11 is 0. The summed E-state index contributed by atoms with van der Waals surface area (Å²) in [6.45, 7) is 8.27. The number of carbonyl (C=O) groups excluding carboxylic acids is 1. The van der Waals surface area contributed by atoms with Gasteiger partial charge in [0.15, 0.2) is 23.1 Å². The molecule has 0 aromatic heterocycles. The highest BCUT2D eigenvalue weighted by Gasteiger charge is 2.36. The van der Waals surface area contributed by atoms with Gasteiger partial charge in [-0.1, -0.05) is 26.8 Å². The normalized spacial score (nSPS) is 11.2. The van der Waals surface area contributed by atoms with Crippen LogP contribution in [0, 0.1) is 11.2 Å². The van der Waals surface area contributed by atoms with Gasteiger partial charge in [-0.3, -0.25) is 4.79 Å². The molecule has 2 aromatic carbocycles. The summed E-state index contributed by atoms with van der Waals surface area (Å²) in [5, 5.41) is 10.0. The molecular weight excluding hydrogens is 387 g/mol. The molecule has 0 saturated carbocycles. The Labute approximate surface area is 177 Å². The minimum atomic E-state index is -0.603. The van der Waals surface area contributed by atoms with Crippen molar-refractivity contribution in [3.63, 3.8) is 0 Å². The Morgan fingerprint density at radius 1 is 1.03 bits per heavy atom. The highest BCUT2D eigenvalue weighted by molar-refractivity contribution is 5.76. The van der Waals surface area contributed by atoms with Crippen LogP contribution in [0.5, 0.6) is 23.0 Å². The molecule has 164 valence electrons. The molecule has 0 bridgehead atoms. The Morgan fingerprint density at radius 2 is 1.73 bits per heavy atom. The lowest BCUT2D eigenvalue weighted by atomic mass is 9.79. The molecule has 1 N–H and O–H groups in total. The third kappa shape index (κ3) is 5.65. The lowest BCUT2D eigenvalue weighted by molar-refractivity contribution is -0.157. The van der Waals surface area contributed by atoms with Gasteiger partial charge in [-0.15, -0.1) is 0 Å². The Balaban J connectivity index is 2.02. The highest BCUT2D eigenvalue weighted by Crippen LogP contribution is 2.35. The van der Waals surface area contributed by atoms with Gasteiger partial charge in [0.25, 0.3) is 0 Å². The van der Waals surface area contributed by atoms with E-state index in [0.29, 0.717) is 31.6 Å². The summed E-state index contributed by atoms with van der Waals surface area (Å²) in [6.07, 6.45) is 2.55. The Kier molecular flexibility index (Phi) is 8.51. The van der Waals surface area contributed by atoms with E-state index in [9.17, 15) is 14.3 Å². The molecule has 0 aliphatic carbocycles. The first-order valence-electron chi connectivity index (χ1n) is 10.5. The van der Waals surface area contributed by atoms with Crippen molar-refractivity contribution < 1.29 is 28.5 Å². The summed E-state index contributed by atoms with van der Waals surface area (Å²) in [5.74, 6) is -0.342. The van der Waals surface area contributed by atoms with Crippen LogP contribution >= 0.6 is 0 Å². The van der Waals surface area contributed by atoms with Crippen molar-refractivity contribution in [1.29, 1.82) is 0 Å². The van der Waals surface area contributed by atoms with E-state index < -0.39 is 11.2 Å². The van der Waals surface area contributed by atoms with Gasteiger partial charge in [-0.05, 0) is 62.4 Å². The van der Waals surface area contributed by atoms with E-state index >= 15 is 0 Å². The zero-order valence-electron chi connectivity index (χ0n) is 18.2. The molecule has 0 amide bonds. The van der Waals surface area contributed by atoms with E-state index in [1.54, 1.807) is 25.1 Å². The van der Waals surface area contributed by atoms with Crippen molar-refractivity contribution in [2.45, 2.75) is 53.4 Å². The molecule has 0 fully saturated rings. The molecule has 0 radical (unpaired) electrons. The Bertz CT molecular complexity index is 845. The Morgan fingerprint density at radius 3 is 2.30 bits per heavy atom. The second-order valence-electron chi connectivity index (χ2n) is 7.16. The SMILES string of the molecule is CCOC(=O)C(CC)(CC)CCOc1ccc(Oc2ccc(CC)cc2O)c(F)c1. The fourth-order valence-corrected chi connectivity index (χ4v) is 3.28. The molecule has 2 rings (SSSR count). The van der Waals surface area contributed by atoms with E-state index in [0.717, 1.165) is 12.0 Å². The van der Waals surface area contributed by atoms with Crippen LogP contribution in [0.25, 0.3) is 0 Å². The fraction of sp³-hybridized carbons (Fsp3) is 0.458. The Hall–Kier alpha value is -2.76. The van der Waals surface area contributed by atoms with Gasteiger partial charge in [0.05, 0.1) is 18.6 Å². The van der Waals surface area contributed by atoms with Gasteiger partial charge in [-0.25, -0.2) is 4.39 Å². The fourth-order valence-electron chi connectivity index (χ4n) is 3.28. The maximum absolute atomic E-state index is 14.5. The summed E-state index contributed by atoms with van der Waals surface area (Å²) in [7, 11) is 0. The van der Waals surface area contributed by atoms with Crippen LogP contribution in [0.4, 0.5) is 4.39 Å². The molecular formula is C24H31FO5. The number of esters is 1. The molecule has 5 nitrogen and oxygen atoms in total. The van der Waals surface area contributed by atoms with Crippen molar-refractivity contribution in [2.24, 2.45) is 5.41 Å². The number of benzene rings is 2. The molecule has 6 heteroatoms. The van der Waals surface area contributed by atoms with Crippen LogP contribution in [-0.2, 0) is 16.0 Å². The minimum absolute atomic E-state index is 0.00937. The van der Waals surface area contributed by atoms with Gasteiger partial charge in [0.2, 0.25) is 0 Å². The van der Waals surface area contributed by atoms with Crippen LogP contribution < -0.4 is 9.47 Å². The average molecular weight is 419 g/mol. The number of ether oxygens (including phenoxy) is 3. The third-order valence-electron chi connectivity index (χ3n) is 5.47. The van der Waals surface area contributed by atoms with Gasteiger partial charge >= 0.3 is 5.97 Å². The van der Waals surface area contributed by atoms with Gasteiger partial charge in [0, 0.05) is 6.07 Å². The molecule has 0 heterocycles. The lowest BCUT2D eigenvalue weighted by Gasteiger charge is -2.28. The van der Waals surface area contributed by atoms with E-state index in [2.05, 4.69) is 0 Å². The first kappa shape index (κ1) is 23.5. The van der Waals surface area contributed by atoms with E-state index in [1.807, 2.05) is 26.8 Å². The maximum atomic E-state index is 14.5. The highest BCUT2D eigenvalue weighted by atomic mass is 19.1. The topological polar surface area (TPSA) is 65.0 Å². The summed E-state index contributed by atoms with van der Waals surface area (Å²) in [4.78, 5) is 12.3. The second kappa shape index (κ2) is 10.9. The second-order valence-corrected chi connectivity index (χ2v) is 7.16. The number of phenolic OH excluding ortho intramolecular Hbond substituents is 1. The number of aryl methyl sites for hydroxylation is 1. The van der Waals surface area contributed by atoms with E-state index in [1.165, 1.54) is 12.1 Å². The molecule has 0 saturated heterocycles. The molecule has 0 spiro atoms. The first-order valence-corrected chi connectivity index (χ1v) is 10.5. The predicted octanol–water partition coefficient (Wildman–Crippen LogP) is 6.02. The zero-order valence-corrected chi connectivity index (χ0v) is 18.2. The van der Waals surface area contributed by atoms with Crippen LogP contribution in [-0.4, -0.2) is 24.3 Å². The third-order valence-corrected chi connectivity index (χ3v) is 5.47. The summed E-state index contributed by atoms with van der Waals surface area (Å²) < 4.78 is 30.9. The number of rotatable bonds is 11. The minimum Gasteiger partial charge on any atom is -0.504 e. The van der Waals surface area contributed by atoms with Crippen molar-refractivity contribution in [1.82, 2.24) is 0 Å². The van der Waals surface area contributed by atoms with Crippen molar-refractivity contribution >= 4 is 5.97 Å². The number of hydrogen-bond donors (Lipinski definition) is 1. The van der Waals surface area contributed by atoms with Crippen molar-refractivity contribution in [2.75, 3.05) is 13.2 Å². The van der Waals surface area contributed by atoms with E-state index in [-0.39, 0.29) is 29.8 Å². The molecule has 0 atom stereocenters.